The zero-order chi connectivity index (χ0) is 14.5. The van der Waals surface area contributed by atoms with Crippen molar-refractivity contribution in [1.82, 2.24) is 0 Å². The van der Waals surface area contributed by atoms with Crippen LogP contribution in [0.4, 0.5) is 0 Å². The van der Waals surface area contributed by atoms with E-state index in [9.17, 15) is 0 Å². The molecule has 0 atom stereocenters. The molecule has 0 aromatic carbocycles. The molecule has 2 saturated carbocycles. The van der Waals surface area contributed by atoms with Crippen molar-refractivity contribution in [3.63, 3.8) is 0 Å². The fourth-order valence-corrected chi connectivity index (χ4v) is 4.06. The second-order valence-electron chi connectivity index (χ2n) is 7.21. The molecule has 0 aromatic rings. The lowest BCUT2D eigenvalue weighted by atomic mass is 9.71. The Kier molecular flexibility index (Phi) is 11.5. The maximum atomic E-state index is 2.27. The van der Waals surface area contributed by atoms with Crippen LogP contribution in [0.2, 0.25) is 0 Å². The van der Waals surface area contributed by atoms with Crippen LogP contribution in [0.3, 0.4) is 0 Å². The second-order valence-corrected chi connectivity index (χ2v) is 7.21. The van der Waals surface area contributed by atoms with Crippen LogP contribution < -0.4 is 0 Å². The Bertz CT molecular complexity index is 162. The molecule has 0 heterocycles. The van der Waals surface area contributed by atoms with Crippen LogP contribution in [-0.2, 0) is 0 Å². The van der Waals surface area contributed by atoms with E-state index >= 15 is 0 Å². The fraction of sp³-hybridized carbons (Fsp3) is 1.00. The highest BCUT2D eigenvalue weighted by atomic mass is 14.3. The van der Waals surface area contributed by atoms with Gasteiger partial charge in [-0.25, -0.2) is 0 Å². The van der Waals surface area contributed by atoms with Crippen molar-refractivity contribution in [3.05, 3.63) is 0 Å². The van der Waals surface area contributed by atoms with Crippen molar-refractivity contribution in [1.29, 1.82) is 0 Å². The fourth-order valence-electron chi connectivity index (χ4n) is 4.06. The third kappa shape index (κ3) is 8.32. The first kappa shape index (κ1) is 18.1. The lowest BCUT2D eigenvalue weighted by molar-refractivity contribution is 0.171. The Morgan fingerprint density at radius 2 is 0.800 bits per heavy atom. The van der Waals surface area contributed by atoms with Crippen LogP contribution in [0.1, 0.15) is 117 Å². The quantitative estimate of drug-likeness (QED) is 0.423. The van der Waals surface area contributed by atoms with Crippen LogP contribution >= 0.6 is 0 Å². The predicted octanol–water partition coefficient (Wildman–Crippen LogP) is 7.51. The van der Waals surface area contributed by atoms with Gasteiger partial charge in [-0.3, -0.25) is 0 Å². The van der Waals surface area contributed by atoms with Crippen molar-refractivity contribution in [2.45, 2.75) is 117 Å². The third-order valence-electron chi connectivity index (χ3n) is 5.42. The number of hydrogen-bond acceptors (Lipinski definition) is 0. The van der Waals surface area contributed by atoms with Gasteiger partial charge in [-0.15, -0.1) is 0 Å². The van der Waals surface area contributed by atoms with Gasteiger partial charge in [0, 0.05) is 0 Å². The zero-order valence-corrected chi connectivity index (χ0v) is 14.5. The summed E-state index contributed by atoms with van der Waals surface area (Å²) in [4.78, 5) is 0. The van der Waals surface area contributed by atoms with Crippen molar-refractivity contribution < 1.29 is 0 Å². The van der Waals surface area contributed by atoms with Crippen molar-refractivity contribution in [3.8, 4) is 0 Å². The Morgan fingerprint density at radius 3 is 1.10 bits per heavy atom. The molecule has 0 unspecified atom stereocenters. The molecular weight excluding hydrogens is 240 g/mol. The third-order valence-corrected chi connectivity index (χ3v) is 5.42. The summed E-state index contributed by atoms with van der Waals surface area (Å²) in [6, 6.07) is 0. The Balaban J connectivity index is 0.000000200. The molecule has 120 valence electrons. The largest absolute Gasteiger partial charge is 0.0654 e. The van der Waals surface area contributed by atoms with Gasteiger partial charge >= 0.3 is 0 Å². The number of hydrogen-bond donors (Lipinski definition) is 0. The van der Waals surface area contributed by atoms with E-state index in [2.05, 4.69) is 13.8 Å². The number of unbranched alkanes of at least 4 members (excludes halogenated alkanes) is 7. The van der Waals surface area contributed by atoms with E-state index in [0.717, 1.165) is 11.8 Å². The van der Waals surface area contributed by atoms with E-state index in [1.54, 1.807) is 25.7 Å². The molecule has 0 amide bonds. The van der Waals surface area contributed by atoms with Crippen LogP contribution in [0.15, 0.2) is 0 Å². The minimum absolute atomic E-state index is 1.16. The molecule has 0 bridgehead atoms. The number of rotatable bonds is 7. The summed E-state index contributed by atoms with van der Waals surface area (Å²) < 4.78 is 0. The molecule has 0 radical (unpaired) electrons. The van der Waals surface area contributed by atoms with Gasteiger partial charge in [-0.1, -0.05) is 117 Å². The summed E-state index contributed by atoms with van der Waals surface area (Å²) >= 11 is 0. The minimum atomic E-state index is 1.16. The van der Waals surface area contributed by atoms with Gasteiger partial charge in [0.1, 0.15) is 0 Å². The normalized spacial score (nSPS) is 25.5. The molecule has 0 N–H and O–H groups in total. The SMILES string of the molecule is C1CCC2CCCCC2C1.CCCCCCCCCC. The van der Waals surface area contributed by atoms with Gasteiger partial charge in [-0.2, -0.15) is 0 Å². The van der Waals surface area contributed by atoms with Crippen molar-refractivity contribution >= 4 is 0 Å². The highest BCUT2D eigenvalue weighted by molar-refractivity contribution is 4.78. The summed E-state index contributed by atoms with van der Waals surface area (Å²) in [5, 5.41) is 0. The topological polar surface area (TPSA) is 0 Å². The second kappa shape index (κ2) is 12.7. The monoisotopic (exact) mass is 280 g/mol. The molecule has 0 heteroatoms. The first-order chi connectivity index (χ1) is 9.88. The highest BCUT2D eigenvalue weighted by Gasteiger charge is 2.26. The highest BCUT2D eigenvalue weighted by Crippen LogP contribution is 2.39. The van der Waals surface area contributed by atoms with Crippen LogP contribution in [0.5, 0.6) is 0 Å². The van der Waals surface area contributed by atoms with Crippen LogP contribution in [0, 0.1) is 11.8 Å². The van der Waals surface area contributed by atoms with Gasteiger partial charge in [0.05, 0.1) is 0 Å². The molecule has 20 heavy (non-hydrogen) atoms. The van der Waals surface area contributed by atoms with E-state index in [-0.39, 0.29) is 0 Å². The summed E-state index contributed by atoms with van der Waals surface area (Å²) in [6.45, 7) is 4.54. The molecule has 0 saturated heterocycles. The van der Waals surface area contributed by atoms with Gasteiger partial charge in [0.15, 0.2) is 0 Å². The Hall–Kier alpha value is 0. The average molecular weight is 281 g/mol. The zero-order valence-electron chi connectivity index (χ0n) is 14.5. The summed E-state index contributed by atoms with van der Waals surface area (Å²) in [7, 11) is 0. The number of fused-ring (bicyclic) bond motifs is 1. The Morgan fingerprint density at radius 1 is 0.500 bits per heavy atom. The first-order valence-corrected chi connectivity index (χ1v) is 9.88. The molecule has 0 nitrogen and oxygen atoms in total. The van der Waals surface area contributed by atoms with Gasteiger partial charge in [0.2, 0.25) is 0 Å². The molecule has 2 fully saturated rings. The van der Waals surface area contributed by atoms with E-state index in [1.165, 1.54) is 77.0 Å². The maximum Gasteiger partial charge on any atom is -0.0386 e. The minimum Gasteiger partial charge on any atom is -0.0654 e. The Labute approximate surface area is 129 Å². The lowest BCUT2D eigenvalue weighted by Gasteiger charge is -2.35. The van der Waals surface area contributed by atoms with Crippen molar-refractivity contribution in [2.24, 2.45) is 11.8 Å². The molecule has 0 spiro atoms. The average Bonchev–Trinajstić information content (AvgIpc) is 2.52. The molecule has 2 aliphatic rings. The van der Waals surface area contributed by atoms with Gasteiger partial charge < -0.3 is 0 Å². The van der Waals surface area contributed by atoms with E-state index < -0.39 is 0 Å². The van der Waals surface area contributed by atoms with Gasteiger partial charge in [-0.05, 0) is 11.8 Å². The molecule has 2 aliphatic carbocycles. The van der Waals surface area contributed by atoms with E-state index in [4.69, 9.17) is 0 Å². The maximum absolute atomic E-state index is 2.27. The van der Waals surface area contributed by atoms with Crippen LogP contribution in [0.25, 0.3) is 0 Å². The molecule has 0 aromatic heterocycles. The molecule has 0 aliphatic heterocycles. The van der Waals surface area contributed by atoms with Gasteiger partial charge in [0.25, 0.3) is 0 Å². The van der Waals surface area contributed by atoms with Crippen LogP contribution in [-0.4, -0.2) is 0 Å². The molecule has 2 rings (SSSR count). The predicted molar refractivity (Wildman–Crippen MR) is 92.2 cm³/mol. The smallest absolute Gasteiger partial charge is 0.0386 e. The van der Waals surface area contributed by atoms with Crippen molar-refractivity contribution in [2.75, 3.05) is 0 Å². The lowest BCUT2D eigenvalue weighted by Crippen LogP contribution is -2.22. The van der Waals surface area contributed by atoms with E-state index in [0.29, 0.717) is 0 Å². The first-order valence-electron chi connectivity index (χ1n) is 9.88. The standard InChI is InChI=1S/C10H18.C10H22/c1-2-6-10-8-4-3-7-9(10)5-1;1-3-5-7-9-10-8-6-4-2/h9-10H,1-8H2;3-10H2,1-2H3. The summed E-state index contributed by atoms with van der Waals surface area (Å²) in [6.07, 6.45) is 23.8. The summed E-state index contributed by atoms with van der Waals surface area (Å²) in [5.41, 5.74) is 0. The van der Waals surface area contributed by atoms with E-state index in [1.807, 2.05) is 0 Å². The summed E-state index contributed by atoms with van der Waals surface area (Å²) in [5.74, 6) is 2.31. The molecular formula is C20H40.